The van der Waals surface area contributed by atoms with E-state index in [1.54, 1.807) is 48.7 Å². The van der Waals surface area contributed by atoms with Crippen molar-refractivity contribution < 1.29 is 4.74 Å². The molecule has 9 heteroatoms. The molecule has 0 N–H and O–H groups in total. The van der Waals surface area contributed by atoms with Gasteiger partial charge < -0.3 is 4.74 Å². The zero-order valence-electron chi connectivity index (χ0n) is 15.7. The van der Waals surface area contributed by atoms with Crippen LogP contribution in [0.2, 0.25) is 0 Å². The van der Waals surface area contributed by atoms with Gasteiger partial charge in [-0.1, -0.05) is 11.8 Å². The normalized spacial score (nSPS) is 11.4. The van der Waals surface area contributed by atoms with Crippen molar-refractivity contribution in [1.82, 2.24) is 29.5 Å². The van der Waals surface area contributed by atoms with Gasteiger partial charge in [-0.15, -0.1) is 21.5 Å². The molecule has 4 heterocycles. The summed E-state index contributed by atoms with van der Waals surface area (Å²) in [5, 5.41) is 13.6. The minimum absolute atomic E-state index is 0.648. The van der Waals surface area contributed by atoms with Crippen LogP contribution in [0.15, 0.2) is 53.3 Å². The zero-order chi connectivity index (χ0) is 19.8. The van der Waals surface area contributed by atoms with Crippen LogP contribution in [0, 0.1) is 6.92 Å². The van der Waals surface area contributed by atoms with Gasteiger partial charge in [-0.3, -0.25) is 4.40 Å². The van der Waals surface area contributed by atoms with E-state index in [-0.39, 0.29) is 0 Å². The second kappa shape index (κ2) is 7.41. The van der Waals surface area contributed by atoms with Gasteiger partial charge in [0, 0.05) is 35.0 Å². The molecule has 0 aliphatic heterocycles. The molecule has 29 heavy (non-hydrogen) atoms. The molecule has 0 aliphatic rings. The van der Waals surface area contributed by atoms with Gasteiger partial charge in [0.15, 0.2) is 21.6 Å². The Morgan fingerprint density at radius 1 is 1.14 bits per heavy atom. The van der Waals surface area contributed by atoms with E-state index in [0.717, 1.165) is 43.7 Å². The summed E-state index contributed by atoms with van der Waals surface area (Å²) in [6.45, 7) is 2.08. The van der Waals surface area contributed by atoms with Crippen LogP contribution in [-0.2, 0) is 5.75 Å². The Balaban J connectivity index is 1.48. The van der Waals surface area contributed by atoms with Gasteiger partial charge in [0.2, 0.25) is 0 Å². The molecule has 4 aromatic heterocycles. The van der Waals surface area contributed by atoms with Gasteiger partial charge in [0.05, 0.1) is 18.3 Å². The Kier molecular flexibility index (Phi) is 4.61. The maximum atomic E-state index is 5.42. The van der Waals surface area contributed by atoms with Crippen LogP contribution in [0.3, 0.4) is 0 Å². The fourth-order valence-electron chi connectivity index (χ4n) is 3.15. The van der Waals surface area contributed by atoms with Crippen molar-refractivity contribution in [2.24, 2.45) is 0 Å². The number of hydrogen-bond donors (Lipinski definition) is 0. The van der Waals surface area contributed by atoms with Crippen LogP contribution in [0.25, 0.3) is 27.4 Å². The van der Waals surface area contributed by atoms with E-state index in [2.05, 4.69) is 48.6 Å². The summed E-state index contributed by atoms with van der Waals surface area (Å²) in [5.41, 5.74) is 3.98. The van der Waals surface area contributed by atoms with Gasteiger partial charge in [-0.05, 0) is 36.8 Å². The Labute approximate surface area is 174 Å². The zero-order valence-corrected chi connectivity index (χ0v) is 17.4. The molecule has 0 unspecified atom stereocenters. The van der Waals surface area contributed by atoms with Crippen molar-refractivity contribution >= 4 is 39.6 Å². The van der Waals surface area contributed by atoms with E-state index in [1.807, 2.05) is 17.5 Å². The lowest BCUT2D eigenvalue weighted by atomic mass is 10.1. The molecule has 0 aliphatic carbocycles. The maximum Gasteiger partial charge on any atom is 0.196 e. The first kappa shape index (κ1) is 18.0. The number of thioether (sulfide) groups is 1. The van der Waals surface area contributed by atoms with Crippen molar-refractivity contribution in [2.75, 3.05) is 7.11 Å². The third-order valence-corrected chi connectivity index (χ3v) is 6.38. The number of thiazole rings is 1. The highest BCUT2D eigenvalue weighted by Crippen LogP contribution is 2.30. The summed E-state index contributed by atoms with van der Waals surface area (Å²) < 4.78 is 7.49. The average molecular weight is 421 g/mol. The van der Waals surface area contributed by atoms with Gasteiger partial charge in [-0.2, -0.15) is 0 Å². The summed E-state index contributed by atoms with van der Waals surface area (Å²) in [6, 6.07) is 9.92. The molecule has 0 radical (unpaired) electrons. The van der Waals surface area contributed by atoms with E-state index in [0.29, 0.717) is 11.6 Å². The topological polar surface area (TPSA) is 78.1 Å². The summed E-state index contributed by atoms with van der Waals surface area (Å²) in [6.07, 6.45) is 3.45. The summed E-state index contributed by atoms with van der Waals surface area (Å²) in [4.78, 5) is 13.2. The van der Waals surface area contributed by atoms with E-state index >= 15 is 0 Å². The number of hydrogen-bond acceptors (Lipinski definition) is 8. The second-order valence-corrected chi connectivity index (χ2v) is 8.19. The van der Waals surface area contributed by atoms with Gasteiger partial charge in [0.25, 0.3) is 0 Å². The third-order valence-electron chi connectivity index (χ3n) is 4.53. The number of fused-ring (bicyclic) bond motifs is 3. The molecule has 0 spiro atoms. The molecule has 0 bridgehead atoms. The van der Waals surface area contributed by atoms with Crippen LogP contribution < -0.4 is 4.74 Å². The van der Waals surface area contributed by atoms with Gasteiger partial charge >= 0.3 is 0 Å². The summed E-state index contributed by atoms with van der Waals surface area (Å²) >= 11 is 3.15. The molecule has 0 fully saturated rings. The smallest absolute Gasteiger partial charge is 0.196 e. The fraction of sp³-hybridized carbons (Fsp3) is 0.150. The molecular formula is C20H16N6OS2. The molecular weight excluding hydrogens is 404 g/mol. The van der Waals surface area contributed by atoms with Crippen molar-refractivity contribution in [3.05, 3.63) is 59.4 Å². The van der Waals surface area contributed by atoms with Crippen LogP contribution in [0.1, 0.15) is 11.3 Å². The molecule has 0 saturated carbocycles. The lowest BCUT2D eigenvalue weighted by molar-refractivity contribution is 0.415. The molecule has 144 valence electrons. The van der Waals surface area contributed by atoms with Crippen molar-refractivity contribution in [3.63, 3.8) is 0 Å². The average Bonchev–Trinajstić information content (AvgIpc) is 3.39. The highest BCUT2D eigenvalue weighted by atomic mass is 32.2. The molecule has 1 aromatic carbocycles. The number of rotatable bonds is 5. The summed E-state index contributed by atoms with van der Waals surface area (Å²) in [7, 11) is 1.67. The van der Waals surface area contributed by atoms with Crippen LogP contribution >= 0.6 is 23.1 Å². The Bertz CT molecular complexity index is 1320. The predicted molar refractivity (Wildman–Crippen MR) is 114 cm³/mol. The molecule has 0 saturated heterocycles. The van der Waals surface area contributed by atoms with E-state index in [1.165, 1.54) is 0 Å². The van der Waals surface area contributed by atoms with E-state index < -0.39 is 0 Å². The fourth-order valence-corrected chi connectivity index (χ4v) is 4.86. The number of nitrogens with zero attached hydrogens (tertiary/aromatic N) is 6. The molecule has 5 rings (SSSR count). The molecule has 0 amide bonds. The van der Waals surface area contributed by atoms with Crippen molar-refractivity contribution in [2.45, 2.75) is 17.8 Å². The van der Waals surface area contributed by atoms with Crippen molar-refractivity contribution in [3.8, 4) is 16.6 Å². The highest BCUT2D eigenvalue weighted by molar-refractivity contribution is 7.98. The second-order valence-electron chi connectivity index (χ2n) is 6.39. The van der Waals surface area contributed by atoms with Crippen LogP contribution in [-0.4, -0.2) is 36.7 Å². The summed E-state index contributed by atoms with van der Waals surface area (Å²) in [5.74, 6) is 2.14. The Morgan fingerprint density at radius 3 is 2.83 bits per heavy atom. The van der Waals surface area contributed by atoms with E-state index in [9.17, 15) is 0 Å². The quantitative estimate of drug-likeness (QED) is 0.390. The van der Waals surface area contributed by atoms with Crippen LogP contribution in [0.5, 0.6) is 5.75 Å². The minimum Gasteiger partial charge on any atom is -0.497 e. The van der Waals surface area contributed by atoms with Gasteiger partial charge in [-0.25, -0.2) is 15.0 Å². The first-order chi connectivity index (χ1) is 14.2. The van der Waals surface area contributed by atoms with E-state index in [4.69, 9.17) is 4.74 Å². The number of aromatic nitrogens is 6. The van der Waals surface area contributed by atoms with Crippen molar-refractivity contribution in [1.29, 1.82) is 0 Å². The Morgan fingerprint density at radius 2 is 2.00 bits per heavy atom. The third kappa shape index (κ3) is 3.32. The largest absolute Gasteiger partial charge is 0.497 e. The SMILES string of the molecule is COc1ccc2c(C)cc3nnc(SCc4csc(-c5ncccn5)n4)n3c2c1. The first-order valence-corrected chi connectivity index (χ1v) is 10.8. The molecule has 7 nitrogen and oxygen atoms in total. The molecule has 5 aromatic rings. The maximum absolute atomic E-state index is 5.42. The van der Waals surface area contributed by atoms with Gasteiger partial charge in [0.1, 0.15) is 5.75 Å². The predicted octanol–water partition coefficient (Wildman–Crippen LogP) is 4.41. The lowest BCUT2D eigenvalue weighted by Gasteiger charge is -2.09. The highest BCUT2D eigenvalue weighted by Gasteiger charge is 2.14. The Hall–Kier alpha value is -3.04. The number of ether oxygens (including phenoxy) is 1. The lowest BCUT2D eigenvalue weighted by Crippen LogP contribution is -1.95. The van der Waals surface area contributed by atoms with Crippen LogP contribution in [0.4, 0.5) is 0 Å². The molecule has 0 atom stereocenters. The number of aryl methyl sites for hydroxylation is 1. The number of pyridine rings is 1. The number of benzene rings is 1. The minimum atomic E-state index is 0.648. The number of methoxy groups -OCH3 is 1. The monoisotopic (exact) mass is 420 g/mol. The standard InChI is InChI=1S/C20H16N6OS2/c1-12-8-17-24-25-20(26(17)16-9-14(27-2)4-5-15(12)16)29-11-13-10-28-19(23-13)18-21-6-3-7-22-18/h3-10H,11H2,1-2H3. The first-order valence-electron chi connectivity index (χ1n) is 8.90.